The van der Waals surface area contributed by atoms with Gasteiger partial charge in [-0.15, -0.1) is 0 Å². The van der Waals surface area contributed by atoms with E-state index in [1.807, 2.05) is 11.9 Å². The summed E-state index contributed by atoms with van der Waals surface area (Å²) in [5.41, 5.74) is 6.26. The van der Waals surface area contributed by atoms with Gasteiger partial charge in [-0.1, -0.05) is 12.8 Å². The van der Waals surface area contributed by atoms with Crippen molar-refractivity contribution in [3.8, 4) is 0 Å². The lowest BCUT2D eigenvalue weighted by Crippen LogP contribution is -2.46. The second-order valence-corrected chi connectivity index (χ2v) is 6.81. The summed E-state index contributed by atoms with van der Waals surface area (Å²) < 4.78 is 0. The van der Waals surface area contributed by atoms with Crippen molar-refractivity contribution in [3.05, 3.63) is 0 Å². The van der Waals surface area contributed by atoms with E-state index in [1.54, 1.807) is 0 Å². The number of nitrogens with zero attached hydrogens (tertiary/aromatic N) is 1. The molecule has 3 rings (SSSR count). The Morgan fingerprint density at radius 2 is 1.83 bits per heavy atom. The van der Waals surface area contributed by atoms with Gasteiger partial charge < -0.3 is 10.6 Å². The standard InChI is InChI=1S/C15H26N2O/c1-17(9-10-4-2-3-5-10)15(18)13-11-6-7-12(8-11)14(13)16/h10-14H,2-9,16H2,1H3. The fourth-order valence-electron chi connectivity index (χ4n) is 4.63. The molecule has 0 aromatic heterocycles. The predicted molar refractivity (Wildman–Crippen MR) is 71.9 cm³/mol. The van der Waals surface area contributed by atoms with Crippen molar-refractivity contribution >= 4 is 5.91 Å². The zero-order chi connectivity index (χ0) is 12.7. The summed E-state index contributed by atoms with van der Waals surface area (Å²) in [4.78, 5) is 14.6. The maximum absolute atomic E-state index is 12.6. The highest BCUT2D eigenvalue weighted by Crippen LogP contribution is 2.48. The van der Waals surface area contributed by atoms with E-state index in [2.05, 4.69) is 0 Å². The average molecular weight is 250 g/mol. The zero-order valence-electron chi connectivity index (χ0n) is 11.5. The van der Waals surface area contributed by atoms with Crippen LogP contribution in [-0.4, -0.2) is 30.4 Å². The molecule has 0 radical (unpaired) electrons. The molecule has 3 heteroatoms. The third kappa shape index (κ3) is 2.07. The maximum Gasteiger partial charge on any atom is 0.227 e. The summed E-state index contributed by atoms with van der Waals surface area (Å²) in [7, 11) is 1.99. The Labute approximate surface area is 110 Å². The molecule has 0 heterocycles. The highest BCUT2D eigenvalue weighted by atomic mass is 16.2. The van der Waals surface area contributed by atoms with E-state index in [0.29, 0.717) is 17.7 Å². The smallest absolute Gasteiger partial charge is 0.227 e. The molecule has 102 valence electrons. The highest BCUT2D eigenvalue weighted by Gasteiger charge is 2.49. The predicted octanol–water partition coefficient (Wildman–Crippen LogP) is 2.01. The molecule has 18 heavy (non-hydrogen) atoms. The normalized spacial score (nSPS) is 39.4. The summed E-state index contributed by atoms with van der Waals surface area (Å²) in [5, 5.41) is 0. The third-order valence-electron chi connectivity index (χ3n) is 5.65. The van der Waals surface area contributed by atoms with E-state index in [4.69, 9.17) is 5.73 Å². The second kappa shape index (κ2) is 4.84. The van der Waals surface area contributed by atoms with Crippen LogP contribution in [0.2, 0.25) is 0 Å². The van der Waals surface area contributed by atoms with Gasteiger partial charge in [0.2, 0.25) is 5.91 Å². The monoisotopic (exact) mass is 250 g/mol. The Hall–Kier alpha value is -0.570. The molecular formula is C15H26N2O. The molecule has 3 aliphatic carbocycles. The number of hydrogen-bond donors (Lipinski definition) is 1. The largest absolute Gasteiger partial charge is 0.345 e. The minimum absolute atomic E-state index is 0.134. The van der Waals surface area contributed by atoms with E-state index < -0.39 is 0 Å². The lowest BCUT2D eigenvalue weighted by Gasteiger charge is -2.31. The number of carbonyl (C=O) groups excluding carboxylic acids is 1. The average Bonchev–Trinajstić information content (AvgIpc) is 3.04. The first-order valence-corrected chi connectivity index (χ1v) is 7.67. The Morgan fingerprint density at radius 1 is 1.17 bits per heavy atom. The lowest BCUT2D eigenvalue weighted by molar-refractivity contribution is -0.137. The van der Waals surface area contributed by atoms with Crippen LogP contribution in [0.15, 0.2) is 0 Å². The van der Waals surface area contributed by atoms with Crippen LogP contribution in [0, 0.1) is 23.7 Å². The van der Waals surface area contributed by atoms with Crippen LogP contribution in [0.5, 0.6) is 0 Å². The van der Waals surface area contributed by atoms with Gasteiger partial charge in [0.05, 0.1) is 5.92 Å². The summed E-state index contributed by atoms with van der Waals surface area (Å²) >= 11 is 0. The quantitative estimate of drug-likeness (QED) is 0.833. The minimum atomic E-state index is 0.134. The van der Waals surface area contributed by atoms with Crippen molar-refractivity contribution in [2.24, 2.45) is 29.4 Å². The van der Waals surface area contributed by atoms with Crippen LogP contribution < -0.4 is 5.73 Å². The molecule has 2 N–H and O–H groups in total. The molecular weight excluding hydrogens is 224 g/mol. The molecule has 3 fully saturated rings. The molecule has 0 aromatic rings. The second-order valence-electron chi connectivity index (χ2n) is 6.81. The molecule has 2 bridgehead atoms. The molecule has 3 aliphatic rings. The maximum atomic E-state index is 12.6. The molecule has 3 saturated carbocycles. The Balaban J connectivity index is 1.59. The molecule has 4 unspecified atom stereocenters. The van der Waals surface area contributed by atoms with Crippen molar-refractivity contribution in [2.75, 3.05) is 13.6 Å². The van der Waals surface area contributed by atoms with Gasteiger partial charge in [-0.3, -0.25) is 4.79 Å². The van der Waals surface area contributed by atoms with Crippen LogP contribution >= 0.6 is 0 Å². The number of carbonyl (C=O) groups is 1. The number of hydrogen-bond acceptors (Lipinski definition) is 2. The number of rotatable bonds is 3. The molecule has 3 nitrogen and oxygen atoms in total. The van der Waals surface area contributed by atoms with E-state index >= 15 is 0 Å². The van der Waals surface area contributed by atoms with E-state index in [9.17, 15) is 4.79 Å². The van der Waals surface area contributed by atoms with Crippen LogP contribution in [0.3, 0.4) is 0 Å². The van der Waals surface area contributed by atoms with Gasteiger partial charge in [0.1, 0.15) is 0 Å². The first kappa shape index (κ1) is 12.5. The van der Waals surface area contributed by atoms with Crippen LogP contribution in [0.4, 0.5) is 0 Å². The minimum Gasteiger partial charge on any atom is -0.345 e. The van der Waals surface area contributed by atoms with Gasteiger partial charge in [-0.25, -0.2) is 0 Å². The Bertz CT molecular complexity index is 322. The molecule has 4 atom stereocenters. The fourth-order valence-corrected chi connectivity index (χ4v) is 4.63. The van der Waals surface area contributed by atoms with Gasteiger partial charge in [0, 0.05) is 19.6 Å². The van der Waals surface area contributed by atoms with E-state index in [0.717, 1.165) is 12.5 Å². The number of amides is 1. The first-order chi connectivity index (χ1) is 8.66. The number of fused-ring (bicyclic) bond motifs is 2. The molecule has 0 spiro atoms. The zero-order valence-corrected chi connectivity index (χ0v) is 11.5. The van der Waals surface area contributed by atoms with Gasteiger partial charge in [-0.05, 0) is 49.9 Å². The first-order valence-electron chi connectivity index (χ1n) is 7.67. The summed E-state index contributed by atoms with van der Waals surface area (Å²) in [6.45, 7) is 0.958. The van der Waals surface area contributed by atoms with Gasteiger partial charge in [0.15, 0.2) is 0 Å². The Morgan fingerprint density at radius 3 is 2.44 bits per heavy atom. The summed E-state index contributed by atoms with van der Waals surface area (Å²) in [5.74, 6) is 2.43. The van der Waals surface area contributed by atoms with Crippen molar-refractivity contribution in [3.63, 3.8) is 0 Å². The molecule has 0 aliphatic heterocycles. The van der Waals surface area contributed by atoms with Gasteiger partial charge in [-0.2, -0.15) is 0 Å². The lowest BCUT2D eigenvalue weighted by atomic mass is 9.84. The Kier molecular flexibility index (Phi) is 3.35. The van der Waals surface area contributed by atoms with E-state index in [1.165, 1.54) is 44.9 Å². The van der Waals surface area contributed by atoms with Crippen LogP contribution in [-0.2, 0) is 4.79 Å². The number of nitrogens with two attached hydrogens (primary N) is 1. The SMILES string of the molecule is CN(CC1CCCC1)C(=O)C1C2CCC(C2)C1N. The van der Waals surface area contributed by atoms with Gasteiger partial charge in [0.25, 0.3) is 0 Å². The topological polar surface area (TPSA) is 46.3 Å². The summed E-state index contributed by atoms with van der Waals surface area (Å²) in [6.07, 6.45) is 8.99. The molecule has 1 amide bonds. The van der Waals surface area contributed by atoms with Crippen molar-refractivity contribution in [1.82, 2.24) is 4.90 Å². The van der Waals surface area contributed by atoms with Crippen LogP contribution in [0.1, 0.15) is 44.9 Å². The summed E-state index contributed by atoms with van der Waals surface area (Å²) in [6, 6.07) is 0.141. The van der Waals surface area contributed by atoms with Crippen molar-refractivity contribution < 1.29 is 4.79 Å². The van der Waals surface area contributed by atoms with E-state index in [-0.39, 0.29) is 12.0 Å². The highest BCUT2D eigenvalue weighted by molar-refractivity contribution is 5.80. The van der Waals surface area contributed by atoms with Crippen LogP contribution in [0.25, 0.3) is 0 Å². The fraction of sp³-hybridized carbons (Fsp3) is 0.933. The molecule has 0 saturated heterocycles. The molecule has 0 aromatic carbocycles. The van der Waals surface area contributed by atoms with Crippen molar-refractivity contribution in [1.29, 1.82) is 0 Å². The third-order valence-corrected chi connectivity index (χ3v) is 5.65. The van der Waals surface area contributed by atoms with Gasteiger partial charge >= 0.3 is 0 Å². The van der Waals surface area contributed by atoms with Crippen molar-refractivity contribution in [2.45, 2.75) is 51.0 Å².